The Hall–Kier alpha value is -5.35. The molecule has 3 atom stereocenters. The van der Waals surface area contributed by atoms with Crippen LogP contribution in [0.15, 0.2) is 91.3 Å². The minimum absolute atomic E-state index is 0.0667. The molecule has 15 nitrogen and oxygen atoms in total. The molecule has 2 aromatic carbocycles. The smallest absolute Gasteiger partial charge is 0.408 e. The van der Waals surface area contributed by atoms with Gasteiger partial charge in [-0.3, -0.25) is 14.4 Å². The topological polar surface area (TPSA) is 225 Å². The van der Waals surface area contributed by atoms with Gasteiger partial charge in [0.25, 0.3) is 5.91 Å². The van der Waals surface area contributed by atoms with Crippen LogP contribution >= 0.6 is 0 Å². The first-order chi connectivity index (χ1) is 22.3. The third kappa shape index (κ3) is 11.2. The first kappa shape index (κ1) is 36.1. The number of hydrogen-bond acceptors (Lipinski definition) is 9. The number of aromatic amines is 1. The molecule has 0 saturated carbocycles. The van der Waals surface area contributed by atoms with Crippen LogP contribution in [0.5, 0.6) is 0 Å². The number of alkyl carbamates (subject to hydrolysis) is 1. The van der Waals surface area contributed by atoms with E-state index in [4.69, 9.17) is 4.74 Å². The summed E-state index contributed by atoms with van der Waals surface area (Å²) in [5.41, 5.74) is -0.682. The highest BCUT2D eigenvalue weighted by atomic mass is 32.2. The number of carboxylic acids is 1. The van der Waals surface area contributed by atoms with Crippen LogP contribution in [0.2, 0.25) is 0 Å². The Kier molecular flexibility index (Phi) is 12.9. The quantitative estimate of drug-likeness (QED) is 0.146. The zero-order valence-electron chi connectivity index (χ0n) is 25.3. The Morgan fingerprint density at radius 1 is 1.00 bits per heavy atom. The summed E-state index contributed by atoms with van der Waals surface area (Å²) < 4.78 is 38.0. The van der Waals surface area contributed by atoms with E-state index in [1.165, 1.54) is 6.92 Å². The predicted molar refractivity (Wildman–Crippen MR) is 163 cm³/mol. The number of nitrogens with zero attached hydrogens (tertiary/aromatic N) is 1. The molecule has 0 bridgehead atoms. The van der Waals surface area contributed by atoms with Gasteiger partial charge in [-0.05, 0) is 24.5 Å². The Morgan fingerprint density at radius 3 is 2.06 bits per heavy atom. The van der Waals surface area contributed by atoms with Gasteiger partial charge in [-0.1, -0.05) is 66.7 Å². The lowest BCUT2D eigenvalue weighted by Crippen LogP contribution is -2.66. The Morgan fingerprint density at radius 2 is 1.57 bits per heavy atom. The van der Waals surface area contributed by atoms with Crippen molar-refractivity contribution < 1.29 is 51.8 Å². The van der Waals surface area contributed by atoms with E-state index < -0.39 is 70.7 Å². The maximum absolute atomic E-state index is 12.7. The van der Waals surface area contributed by atoms with E-state index >= 15 is 0 Å². The number of aliphatic carboxylic acids is 1. The average Bonchev–Trinajstić information content (AvgIpc) is 3.05. The van der Waals surface area contributed by atoms with Crippen molar-refractivity contribution in [3.8, 4) is 0 Å². The van der Waals surface area contributed by atoms with Crippen molar-refractivity contribution in [2.45, 2.75) is 50.4 Å². The zero-order valence-corrected chi connectivity index (χ0v) is 26.1. The number of rotatable bonds is 13. The summed E-state index contributed by atoms with van der Waals surface area (Å²) in [5.74, 6) is -4.05. The van der Waals surface area contributed by atoms with E-state index in [2.05, 4.69) is 20.9 Å². The van der Waals surface area contributed by atoms with Gasteiger partial charge in [0, 0.05) is 25.0 Å². The minimum atomic E-state index is -4.98. The molecule has 16 heteroatoms. The first-order valence-corrected chi connectivity index (χ1v) is 15.7. The number of carbonyl (C=O) groups is 5. The lowest BCUT2D eigenvalue weighted by molar-refractivity contribution is -0.378. The van der Waals surface area contributed by atoms with Crippen molar-refractivity contribution in [2.75, 3.05) is 6.54 Å². The van der Waals surface area contributed by atoms with Crippen LogP contribution in [-0.2, 0) is 47.2 Å². The SMILES string of the molecule is C[C@@H](NC(=O)CC[C@@](Cc1ccccc1)(NC(=O)OCc1ccccc1)C(=O)O)C(=O)NC1CN(S(=O)(=O)[O-])C1=O.c1cc[nH+]cc1. The van der Waals surface area contributed by atoms with Crippen LogP contribution in [0.3, 0.4) is 0 Å². The van der Waals surface area contributed by atoms with Crippen LogP contribution in [0.4, 0.5) is 4.79 Å². The fourth-order valence-corrected chi connectivity index (χ4v) is 5.06. The van der Waals surface area contributed by atoms with Crippen molar-refractivity contribution in [3.05, 3.63) is 102 Å². The average molecular weight is 670 g/mol. The van der Waals surface area contributed by atoms with Gasteiger partial charge in [0.1, 0.15) is 24.2 Å². The second-order valence-electron chi connectivity index (χ2n) is 10.5. The van der Waals surface area contributed by atoms with Crippen molar-refractivity contribution in [1.82, 2.24) is 20.3 Å². The molecule has 1 aliphatic rings. The van der Waals surface area contributed by atoms with E-state index in [0.717, 1.165) is 0 Å². The van der Waals surface area contributed by atoms with Crippen LogP contribution in [0.1, 0.15) is 30.9 Å². The number of carbonyl (C=O) groups excluding carboxylic acids is 4. The van der Waals surface area contributed by atoms with E-state index in [1.54, 1.807) is 60.7 Å². The molecule has 4 rings (SSSR count). The zero-order chi connectivity index (χ0) is 34.5. The molecule has 0 spiro atoms. The van der Waals surface area contributed by atoms with Crippen molar-refractivity contribution in [2.24, 2.45) is 0 Å². The molecular weight excluding hydrogens is 634 g/mol. The number of amides is 4. The molecule has 5 N–H and O–H groups in total. The second-order valence-corrected chi connectivity index (χ2v) is 11.8. The molecule has 1 fully saturated rings. The van der Waals surface area contributed by atoms with E-state index in [-0.39, 0.29) is 23.8 Å². The summed E-state index contributed by atoms with van der Waals surface area (Å²) in [6, 6.07) is 20.7. The number of pyridine rings is 1. The summed E-state index contributed by atoms with van der Waals surface area (Å²) >= 11 is 0. The summed E-state index contributed by atoms with van der Waals surface area (Å²) in [6.07, 6.45) is 1.80. The van der Waals surface area contributed by atoms with Gasteiger partial charge < -0.3 is 30.3 Å². The van der Waals surface area contributed by atoms with Gasteiger partial charge in [-0.15, -0.1) is 0 Å². The number of nitrogens with one attached hydrogen (secondary N) is 4. The number of β-lactam (4-membered cyclic amide) rings is 1. The molecular formula is C31H35N5O10S. The molecule has 0 aliphatic carbocycles. The van der Waals surface area contributed by atoms with E-state index in [0.29, 0.717) is 11.1 Å². The lowest BCUT2D eigenvalue weighted by atomic mass is 9.86. The lowest BCUT2D eigenvalue weighted by Gasteiger charge is -2.39. The predicted octanol–water partition coefficient (Wildman–Crippen LogP) is 0.552. The molecule has 1 aliphatic heterocycles. The third-order valence-electron chi connectivity index (χ3n) is 6.95. The molecule has 3 aromatic rings. The van der Waals surface area contributed by atoms with Crippen LogP contribution in [-0.4, -0.2) is 76.3 Å². The van der Waals surface area contributed by atoms with Gasteiger partial charge >= 0.3 is 12.1 Å². The molecule has 0 radical (unpaired) electrons. The van der Waals surface area contributed by atoms with E-state index in [9.17, 15) is 42.0 Å². The summed E-state index contributed by atoms with van der Waals surface area (Å²) in [5, 5.41) is 17.2. The first-order valence-electron chi connectivity index (χ1n) is 14.3. The Bertz CT molecular complexity index is 1600. The highest BCUT2D eigenvalue weighted by Crippen LogP contribution is 2.21. The number of carboxylic acid groups (broad SMARTS) is 1. The largest absolute Gasteiger partial charge is 0.731 e. The molecule has 250 valence electrons. The van der Waals surface area contributed by atoms with Crippen LogP contribution in [0, 0.1) is 0 Å². The second kappa shape index (κ2) is 16.8. The fourth-order valence-electron chi connectivity index (χ4n) is 4.38. The maximum atomic E-state index is 12.7. The molecule has 4 amide bonds. The molecule has 1 aromatic heterocycles. The number of benzene rings is 2. The third-order valence-corrected chi connectivity index (χ3v) is 7.82. The monoisotopic (exact) mass is 669 g/mol. The molecule has 47 heavy (non-hydrogen) atoms. The highest BCUT2D eigenvalue weighted by molar-refractivity contribution is 7.84. The standard InChI is InChI=1S/C26H30N4O10S.C5H5N/c1-17(22(32)28-20-15-30(23(20)33)41(37,38)39)27-21(31)12-13-26(24(34)35,14-18-8-4-2-5-9-18)29-25(36)40-16-19-10-6-3-7-11-19;1-2-4-6-5-3-1/h2-11,17,20H,12-16H2,1H3,(H,27,31)(H,28,32)(H,29,36)(H,34,35)(H,37,38,39);1-5H/t17-,20?,26+;/m1./s1. The highest BCUT2D eigenvalue weighted by Gasteiger charge is 2.43. The summed E-state index contributed by atoms with van der Waals surface area (Å²) in [4.78, 5) is 64.9. The molecule has 1 unspecified atom stereocenters. The van der Waals surface area contributed by atoms with E-state index in [1.807, 2.05) is 30.6 Å². The number of ether oxygens (including phenoxy) is 1. The normalized spacial score (nSPS) is 15.7. The van der Waals surface area contributed by atoms with Gasteiger partial charge in [0.05, 0.1) is 6.54 Å². The van der Waals surface area contributed by atoms with Crippen molar-refractivity contribution in [3.63, 3.8) is 0 Å². The Labute approximate surface area is 271 Å². The number of hydrogen-bond donors (Lipinski definition) is 4. The van der Waals surface area contributed by atoms with Gasteiger partial charge in [-0.25, -0.2) is 27.3 Å². The Balaban J connectivity index is 0.000000896. The minimum Gasteiger partial charge on any atom is -0.731 e. The fraction of sp³-hybridized carbons (Fsp3) is 0.290. The van der Waals surface area contributed by atoms with Crippen LogP contribution in [0.25, 0.3) is 0 Å². The van der Waals surface area contributed by atoms with Gasteiger partial charge in [-0.2, -0.15) is 0 Å². The summed E-state index contributed by atoms with van der Waals surface area (Å²) in [6.45, 7) is 0.665. The number of aromatic nitrogens is 1. The molecule has 1 saturated heterocycles. The van der Waals surface area contributed by atoms with Crippen LogP contribution < -0.4 is 20.9 Å². The van der Waals surface area contributed by atoms with Crippen molar-refractivity contribution >= 4 is 40.1 Å². The van der Waals surface area contributed by atoms with Gasteiger partial charge in [0.2, 0.25) is 11.8 Å². The number of H-pyrrole nitrogens is 1. The van der Waals surface area contributed by atoms with Gasteiger partial charge in [0.15, 0.2) is 22.7 Å². The molecule has 2 heterocycles. The summed E-state index contributed by atoms with van der Waals surface area (Å²) in [7, 11) is -4.98. The van der Waals surface area contributed by atoms with Crippen molar-refractivity contribution in [1.29, 1.82) is 0 Å². The maximum Gasteiger partial charge on any atom is 0.408 e.